The molecule has 0 saturated carbocycles. The van der Waals surface area contributed by atoms with E-state index in [-0.39, 0.29) is 11.9 Å². The Morgan fingerprint density at radius 1 is 1.07 bits per heavy atom. The molecule has 0 aliphatic carbocycles. The molecule has 1 atom stereocenters. The summed E-state index contributed by atoms with van der Waals surface area (Å²) in [5, 5.41) is 0. The van der Waals surface area contributed by atoms with E-state index in [1.165, 1.54) is 5.56 Å². The van der Waals surface area contributed by atoms with E-state index in [0.29, 0.717) is 0 Å². The van der Waals surface area contributed by atoms with Crippen molar-refractivity contribution in [1.82, 2.24) is 19.8 Å². The molecule has 2 heterocycles. The van der Waals surface area contributed by atoms with Crippen molar-refractivity contribution in [2.75, 3.05) is 44.7 Å². The van der Waals surface area contributed by atoms with Crippen LogP contribution in [0.3, 0.4) is 0 Å². The monoisotopic (exact) mass is 367 g/mol. The lowest BCUT2D eigenvalue weighted by Gasteiger charge is -2.37. The smallest absolute Gasteiger partial charge is 0.239 e. The van der Waals surface area contributed by atoms with Gasteiger partial charge in [-0.05, 0) is 45.0 Å². The first-order chi connectivity index (χ1) is 13.1. The zero-order valence-corrected chi connectivity index (χ0v) is 16.3. The molecule has 1 unspecified atom stereocenters. The Kier molecular flexibility index (Phi) is 6.76. The van der Waals surface area contributed by atoms with E-state index in [4.69, 9.17) is 0 Å². The zero-order valence-electron chi connectivity index (χ0n) is 16.3. The second-order valence-electron chi connectivity index (χ2n) is 7.11. The molecular formula is C21H29N5O. The van der Waals surface area contributed by atoms with Gasteiger partial charge in [0.2, 0.25) is 11.9 Å². The summed E-state index contributed by atoms with van der Waals surface area (Å²) < 4.78 is 0. The van der Waals surface area contributed by atoms with Gasteiger partial charge in [0.25, 0.3) is 0 Å². The van der Waals surface area contributed by atoms with Crippen LogP contribution in [-0.2, 0) is 11.2 Å². The third kappa shape index (κ3) is 5.26. The van der Waals surface area contributed by atoms with Crippen molar-refractivity contribution < 1.29 is 4.79 Å². The van der Waals surface area contributed by atoms with E-state index in [2.05, 4.69) is 44.0 Å². The summed E-state index contributed by atoms with van der Waals surface area (Å²) in [6, 6.07) is 12.2. The Morgan fingerprint density at radius 3 is 2.41 bits per heavy atom. The average Bonchev–Trinajstić information content (AvgIpc) is 2.74. The van der Waals surface area contributed by atoms with E-state index in [9.17, 15) is 4.79 Å². The molecule has 0 spiro atoms. The molecule has 27 heavy (non-hydrogen) atoms. The number of carbonyl (C=O) groups excluding carboxylic acids is 1. The number of hydrogen-bond acceptors (Lipinski definition) is 5. The number of aryl methyl sites for hydroxylation is 1. The number of aromatic nitrogens is 2. The maximum absolute atomic E-state index is 12.9. The van der Waals surface area contributed by atoms with Crippen LogP contribution >= 0.6 is 0 Å². The number of likely N-dealkylation sites (N-methyl/N-ethyl adjacent to an activating group) is 1. The Labute approximate surface area is 161 Å². The van der Waals surface area contributed by atoms with Gasteiger partial charge < -0.3 is 9.80 Å². The highest BCUT2D eigenvalue weighted by Crippen LogP contribution is 2.12. The van der Waals surface area contributed by atoms with E-state index in [1.807, 2.05) is 31.0 Å². The van der Waals surface area contributed by atoms with Crippen molar-refractivity contribution in [1.29, 1.82) is 0 Å². The fraction of sp³-hybridized carbons (Fsp3) is 0.476. The highest BCUT2D eigenvalue weighted by Gasteiger charge is 2.27. The molecule has 3 rings (SSSR count). The van der Waals surface area contributed by atoms with Gasteiger partial charge >= 0.3 is 0 Å². The Hall–Kier alpha value is -2.47. The molecule has 2 aromatic rings. The molecule has 6 nitrogen and oxygen atoms in total. The Balaban J connectivity index is 1.43. The van der Waals surface area contributed by atoms with E-state index in [1.54, 1.807) is 12.4 Å². The summed E-state index contributed by atoms with van der Waals surface area (Å²) in [6.07, 6.45) is 5.61. The van der Waals surface area contributed by atoms with Crippen LogP contribution in [0.25, 0.3) is 0 Å². The first-order valence-corrected chi connectivity index (χ1v) is 9.70. The van der Waals surface area contributed by atoms with Gasteiger partial charge in [0, 0.05) is 38.6 Å². The highest BCUT2D eigenvalue weighted by molar-refractivity contribution is 5.81. The van der Waals surface area contributed by atoms with Crippen molar-refractivity contribution in [3.63, 3.8) is 0 Å². The molecule has 1 saturated heterocycles. The molecule has 1 fully saturated rings. The predicted octanol–water partition coefficient (Wildman–Crippen LogP) is 2.08. The molecule has 6 heteroatoms. The summed E-state index contributed by atoms with van der Waals surface area (Å²) >= 11 is 0. The van der Waals surface area contributed by atoms with Gasteiger partial charge in [-0.3, -0.25) is 9.69 Å². The molecule has 1 amide bonds. The summed E-state index contributed by atoms with van der Waals surface area (Å²) in [7, 11) is 2.04. The minimum absolute atomic E-state index is 0.0969. The van der Waals surface area contributed by atoms with Crippen LogP contribution in [-0.4, -0.2) is 71.5 Å². The van der Waals surface area contributed by atoms with Gasteiger partial charge in [-0.1, -0.05) is 30.3 Å². The summed E-state index contributed by atoms with van der Waals surface area (Å²) in [5.74, 6) is 0.960. The Bertz CT molecular complexity index is 701. The zero-order chi connectivity index (χ0) is 19.1. The molecular weight excluding hydrogens is 338 g/mol. The first kappa shape index (κ1) is 19.3. The first-order valence-electron chi connectivity index (χ1n) is 9.70. The van der Waals surface area contributed by atoms with E-state index >= 15 is 0 Å². The third-order valence-corrected chi connectivity index (χ3v) is 5.26. The molecule has 0 radical (unpaired) electrons. The summed E-state index contributed by atoms with van der Waals surface area (Å²) in [5.41, 5.74) is 1.35. The third-order valence-electron chi connectivity index (χ3n) is 5.26. The molecule has 144 valence electrons. The fourth-order valence-corrected chi connectivity index (χ4v) is 3.41. The van der Waals surface area contributed by atoms with E-state index in [0.717, 1.165) is 51.5 Å². The normalized spacial score (nSPS) is 15.8. The average molecular weight is 367 g/mol. The summed E-state index contributed by atoms with van der Waals surface area (Å²) in [6.45, 7) is 5.93. The summed E-state index contributed by atoms with van der Waals surface area (Å²) in [4.78, 5) is 27.7. The van der Waals surface area contributed by atoms with Crippen molar-refractivity contribution in [3.8, 4) is 0 Å². The number of hydrogen-bond donors (Lipinski definition) is 0. The van der Waals surface area contributed by atoms with Gasteiger partial charge in [-0.25, -0.2) is 9.97 Å². The lowest BCUT2D eigenvalue weighted by Crippen LogP contribution is -2.54. The topological polar surface area (TPSA) is 52.6 Å². The Morgan fingerprint density at radius 2 is 1.74 bits per heavy atom. The van der Waals surface area contributed by atoms with Gasteiger partial charge in [-0.2, -0.15) is 0 Å². The number of benzene rings is 1. The second-order valence-corrected chi connectivity index (χ2v) is 7.11. The number of nitrogens with zero attached hydrogens (tertiary/aromatic N) is 5. The second kappa shape index (κ2) is 9.46. The lowest BCUT2D eigenvalue weighted by atomic mass is 10.1. The highest BCUT2D eigenvalue weighted by atomic mass is 16.2. The van der Waals surface area contributed by atoms with Crippen LogP contribution in [0.15, 0.2) is 48.8 Å². The van der Waals surface area contributed by atoms with E-state index < -0.39 is 0 Å². The van der Waals surface area contributed by atoms with Crippen LogP contribution in [0.2, 0.25) is 0 Å². The SMILES string of the molecule is CC(C(=O)N1CCN(c2ncccn2)CC1)N(C)CCCc1ccccc1. The van der Waals surface area contributed by atoms with Crippen LogP contribution in [0.4, 0.5) is 5.95 Å². The molecule has 1 aromatic carbocycles. The van der Waals surface area contributed by atoms with Crippen LogP contribution in [0.1, 0.15) is 18.9 Å². The van der Waals surface area contributed by atoms with Gasteiger partial charge in [0.05, 0.1) is 6.04 Å². The van der Waals surface area contributed by atoms with Crippen molar-refractivity contribution in [2.24, 2.45) is 0 Å². The van der Waals surface area contributed by atoms with Gasteiger partial charge in [0.15, 0.2) is 0 Å². The van der Waals surface area contributed by atoms with Gasteiger partial charge in [-0.15, -0.1) is 0 Å². The minimum atomic E-state index is -0.0969. The minimum Gasteiger partial charge on any atom is -0.338 e. The maximum Gasteiger partial charge on any atom is 0.239 e. The molecule has 1 aromatic heterocycles. The van der Waals surface area contributed by atoms with Crippen molar-refractivity contribution >= 4 is 11.9 Å². The van der Waals surface area contributed by atoms with Crippen molar-refractivity contribution in [2.45, 2.75) is 25.8 Å². The lowest BCUT2D eigenvalue weighted by molar-refractivity contribution is -0.136. The number of amides is 1. The molecule has 0 N–H and O–H groups in total. The largest absolute Gasteiger partial charge is 0.338 e. The van der Waals surface area contributed by atoms with Crippen LogP contribution < -0.4 is 4.90 Å². The van der Waals surface area contributed by atoms with Crippen LogP contribution in [0, 0.1) is 0 Å². The van der Waals surface area contributed by atoms with Gasteiger partial charge in [0.1, 0.15) is 0 Å². The van der Waals surface area contributed by atoms with Crippen LogP contribution in [0.5, 0.6) is 0 Å². The predicted molar refractivity (Wildman–Crippen MR) is 108 cm³/mol. The number of carbonyl (C=O) groups is 1. The number of rotatable bonds is 7. The van der Waals surface area contributed by atoms with Crippen molar-refractivity contribution in [3.05, 3.63) is 54.4 Å². The molecule has 0 bridgehead atoms. The quantitative estimate of drug-likeness (QED) is 0.750. The standard InChI is InChI=1S/C21H29N5O/c1-18(24(2)13-6-10-19-8-4-3-5-9-19)20(27)25-14-16-26(17-15-25)21-22-11-7-12-23-21/h3-5,7-9,11-12,18H,6,10,13-17H2,1-2H3. The molecule has 1 aliphatic rings. The molecule has 1 aliphatic heterocycles. The number of anilines is 1. The number of piperazine rings is 1. The fourth-order valence-electron chi connectivity index (χ4n) is 3.41. The maximum atomic E-state index is 12.9.